The third-order valence-electron chi connectivity index (χ3n) is 5.18. The molecule has 0 saturated heterocycles. The largest absolute Gasteiger partial charge is 0.497 e. The lowest BCUT2D eigenvalue weighted by Crippen LogP contribution is -2.29. The Bertz CT molecular complexity index is 1160. The molecule has 0 unspecified atom stereocenters. The Kier molecular flexibility index (Phi) is 6.65. The van der Waals surface area contributed by atoms with Crippen LogP contribution in [0.15, 0.2) is 77.7 Å². The normalized spacial score (nSPS) is 12.1. The molecule has 0 aliphatic heterocycles. The SMILES string of the molecule is COc1ccc([C@@H](C)NC(=O)c2ccc(C)c(N(C)S(=O)(=O)c3ccccc3)c2)cc1. The zero-order valence-electron chi connectivity index (χ0n) is 18.0. The van der Waals surface area contributed by atoms with E-state index in [1.54, 1.807) is 55.6 Å². The summed E-state index contributed by atoms with van der Waals surface area (Å²) < 4.78 is 32.4. The highest BCUT2D eigenvalue weighted by molar-refractivity contribution is 7.92. The first kappa shape index (κ1) is 22.4. The maximum Gasteiger partial charge on any atom is 0.264 e. The maximum atomic E-state index is 13.0. The van der Waals surface area contributed by atoms with Crippen molar-refractivity contribution in [2.75, 3.05) is 18.5 Å². The van der Waals surface area contributed by atoms with E-state index in [4.69, 9.17) is 4.74 Å². The summed E-state index contributed by atoms with van der Waals surface area (Å²) >= 11 is 0. The van der Waals surface area contributed by atoms with Crippen molar-refractivity contribution in [3.8, 4) is 5.75 Å². The quantitative estimate of drug-likeness (QED) is 0.596. The molecular weight excluding hydrogens is 412 g/mol. The topological polar surface area (TPSA) is 75.7 Å². The van der Waals surface area contributed by atoms with E-state index in [9.17, 15) is 13.2 Å². The second-order valence-electron chi connectivity index (χ2n) is 7.26. The van der Waals surface area contributed by atoms with Crippen LogP contribution >= 0.6 is 0 Å². The number of benzene rings is 3. The zero-order chi connectivity index (χ0) is 22.6. The lowest BCUT2D eigenvalue weighted by Gasteiger charge is -2.22. The van der Waals surface area contributed by atoms with Crippen LogP contribution in [0.2, 0.25) is 0 Å². The van der Waals surface area contributed by atoms with Crippen molar-refractivity contribution >= 4 is 21.6 Å². The molecule has 3 aromatic rings. The van der Waals surface area contributed by atoms with Gasteiger partial charge in [0.15, 0.2) is 0 Å². The van der Waals surface area contributed by atoms with Crippen LogP contribution in [0.5, 0.6) is 5.75 Å². The average molecular weight is 439 g/mol. The molecule has 3 aromatic carbocycles. The average Bonchev–Trinajstić information content (AvgIpc) is 2.79. The van der Waals surface area contributed by atoms with Gasteiger partial charge in [0.05, 0.1) is 23.7 Å². The summed E-state index contributed by atoms with van der Waals surface area (Å²) in [7, 11) is -0.646. The summed E-state index contributed by atoms with van der Waals surface area (Å²) in [6.07, 6.45) is 0. The number of ether oxygens (including phenoxy) is 1. The summed E-state index contributed by atoms with van der Waals surface area (Å²) in [5.41, 5.74) is 2.52. The number of carbonyl (C=O) groups is 1. The molecule has 162 valence electrons. The number of hydrogen-bond donors (Lipinski definition) is 1. The fourth-order valence-corrected chi connectivity index (χ4v) is 4.50. The highest BCUT2D eigenvalue weighted by Gasteiger charge is 2.23. The molecule has 0 spiro atoms. The fourth-order valence-electron chi connectivity index (χ4n) is 3.23. The first-order valence-electron chi connectivity index (χ1n) is 9.83. The van der Waals surface area contributed by atoms with Gasteiger partial charge in [-0.1, -0.05) is 36.4 Å². The second kappa shape index (κ2) is 9.22. The number of anilines is 1. The molecule has 0 aromatic heterocycles. The van der Waals surface area contributed by atoms with Crippen molar-refractivity contribution in [1.82, 2.24) is 5.32 Å². The minimum atomic E-state index is -3.74. The van der Waals surface area contributed by atoms with Crippen LogP contribution in [0.25, 0.3) is 0 Å². The van der Waals surface area contributed by atoms with Crippen LogP contribution in [0.3, 0.4) is 0 Å². The lowest BCUT2D eigenvalue weighted by atomic mass is 10.1. The third-order valence-corrected chi connectivity index (χ3v) is 6.96. The van der Waals surface area contributed by atoms with Crippen molar-refractivity contribution < 1.29 is 17.9 Å². The predicted molar refractivity (Wildman–Crippen MR) is 122 cm³/mol. The van der Waals surface area contributed by atoms with E-state index in [0.29, 0.717) is 11.3 Å². The minimum Gasteiger partial charge on any atom is -0.497 e. The van der Waals surface area contributed by atoms with Gasteiger partial charge in [-0.05, 0) is 61.4 Å². The Morgan fingerprint density at radius 1 is 1.00 bits per heavy atom. The van der Waals surface area contributed by atoms with E-state index in [2.05, 4.69) is 5.32 Å². The highest BCUT2D eigenvalue weighted by atomic mass is 32.2. The van der Waals surface area contributed by atoms with Gasteiger partial charge in [-0.2, -0.15) is 0 Å². The molecule has 1 atom stereocenters. The number of nitrogens with one attached hydrogen (secondary N) is 1. The van der Waals surface area contributed by atoms with Gasteiger partial charge in [0.2, 0.25) is 0 Å². The molecule has 1 amide bonds. The second-order valence-corrected chi connectivity index (χ2v) is 9.22. The number of carbonyl (C=O) groups excluding carboxylic acids is 1. The minimum absolute atomic E-state index is 0.194. The molecule has 31 heavy (non-hydrogen) atoms. The predicted octanol–water partition coefficient (Wildman–Crippen LogP) is 4.32. The van der Waals surface area contributed by atoms with Crippen LogP contribution in [0.1, 0.15) is 34.5 Å². The Morgan fingerprint density at radius 2 is 1.65 bits per heavy atom. The smallest absolute Gasteiger partial charge is 0.264 e. The molecule has 0 saturated carbocycles. The van der Waals surface area contributed by atoms with Gasteiger partial charge in [-0.3, -0.25) is 9.10 Å². The molecule has 1 N–H and O–H groups in total. The van der Waals surface area contributed by atoms with Crippen LogP contribution < -0.4 is 14.4 Å². The zero-order valence-corrected chi connectivity index (χ0v) is 18.8. The maximum absolute atomic E-state index is 13.0. The fraction of sp³-hybridized carbons (Fsp3) is 0.208. The van der Waals surface area contributed by atoms with Crippen molar-refractivity contribution in [3.05, 3.63) is 89.5 Å². The summed E-state index contributed by atoms with van der Waals surface area (Å²) in [5.74, 6) is 0.461. The number of methoxy groups -OCH3 is 1. The van der Waals surface area contributed by atoms with E-state index >= 15 is 0 Å². The summed E-state index contributed by atoms with van der Waals surface area (Å²) in [6.45, 7) is 3.70. The van der Waals surface area contributed by atoms with Gasteiger partial charge in [-0.25, -0.2) is 8.42 Å². The molecule has 0 radical (unpaired) electrons. The van der Waals surface area contributed by atoms with Gasteiger partial charge in [0.1, 0.15) is 5.75 Å². The molecule has 0 heterocycles. The number of aryl methyl sites for hydroxylation is 1. The van der Waals surface area contributed by atoms with E-state index in [1.165, 1.54) is 11.4 Å². The van der Waals surface area contributed by atoms with Crippen LogP contribution in [-0.4, -0.2) is 28.5 Å². The Morgan fingerprint density at radius 3 is 2.26 bits per heavy atom. The van der Waals surface area contributed by atoms with Gasteiger partial charge in [0, 0.05) is 12.6 Å². The van der Waals surface area contributed by atoms with Crippen LogP contribution in [-0.2, 0) is 10.0 Å². The van der Waals surface area contributed by atoms with Gasteiger partial charge in [0.25, 0.3) is 15.9 Å². The highest BCUT2D eigenvalue weighted by Crippen LogP contribution is 2.27. The number of sulfonamides is 1. The summed E-state index contributed by atoms with van der Waals surface area (Å²) in [5, 5.41) is 2.96. The summed E-state index contributed by atoms with van der Waals surface area (Å²) in [6, 6.07) is 20.5. The van der Waals surface area contributed by atoms with E-state index in [-0.39, 0.29) is 16.8 Å². The molecule has 0 fully saturated rings. The van der Waals surface area contributed by atoms with Crippen LogP contribution in [0.4, 0.5) is 5.69 Å². The molecule has 6 nitrogen and oxygen atoms in total. The number of nitrogens with zero attached hydrogens (tertiary/aromatic N) is 1. The van der Waals surface area contributed by atoms with Crippen molar-refractivity contribution in [1.29, 1.82) is 0 Å². The van der Waals surface area contributed by atoms with Gasteiger partial charge >= 0.3 is 0 Å². The number of amides is 1. The van der Waals surface area contributed by atoms with Crippen molar-refractivity contribution in [2.24, 2.45) is 0 Å². The molecule has 0 bridgehead atoms. The van der Waals surface area contributed by atoms with E-state index < -0.39 is 10.0 Å². The van der Waals surface area contributed by atoms with E-state index in [1.807, 2.05) is 38.1 Å². The van der Waals surface area contributed by atoms with Crippen molar-refractivity contribution in [3.63, 3.8) is 0 Å². The molecular formula is C24H26N2O4S. The van der Waals surface area contributed by atoms with Crippen LogP contribution in [0, 0.1) is 6.92 Å². The third kappa shape index (κ3) is 4.88. The molecule has 0 aliphatic carbocycles. The lowest BCUT2D eigenvalue weighted by molar-refractivity contribution is 0.0940. The number of hydrogen-bond acceptors (Lipinski definition) is 4. The first-order valence-corrected chi connectivity index (χ1v) is 11.3. The molecule has 7 heteroatoms. The Hall–Kier alpha value is -3.32. The summed E-state index contributed by atoms with van der Waals surface area (Å²) in [4.78, 5) is 13.0. The monoisotopic (exact) mass is 438 g/mol. The first-order chi connectivity index (χ1) is 14.7. The standard InChI is InChI=1S/C24H26N2O4S/c1-17-10-11-20(24(27)25-18(2)19-12-14-21(30-4)15-13-19)16-23(17)26(3)31(28,29)22-8-6-5-7-9-22/h5-16,18H,1-4H3,(H,25,27)/t18-/m1/s1. The number of rotatable bonds is 7. The Labute approximate surface area is 183 Å². The van der Waals surface area contributed by atoms with E-state index in [0.717, 1.165) is 16.9 Å². The van der Waals surface area contributed by atoms with Gasteiger partial charge in [-0.15, -0.1) is 0 Å². The van der Waals surface area contributed by atoms with Crippen molar-refractivity contribution in [2.45, 2.75) is 24.8 Å². The molecule has 0 aliphatic rings. The molecule has 3 rings (SSSR count). The van der Waals surface area contributed by atoms with Gasteiger partial charge < -0.3 is 10.1 Å². The Balaban J connectivity index is 1.83.